The fourth-order valence-corrected chi connectivity index (χ4v) is 2.63. The van der Waals surface area contributed by atoms with Crippen LogP contribution in [-0.4, -0.2) is 14.8 Å². The molecule has 24 heavy (non-hydrogen) atoms. The maximum atomic E-state index is 13.7. The van der Waals surface area contributed by atoms with Gasteiger partial charge in [0.2, 0.25) is 0 Å². The van der Waals surface area contributed by atoms with E-state index in [1.807, 2.05) is 32.3 Å². The zero-order chi connectivity index (χ0) is 17.1. The lowest BCUT2D eigenvalue weighted by Gasteiger charge is -2.23. The molecule has 4 nitrogen and oxygen atoms in total. The van der Waals surface area contributed by atoms with Gasteiger partial charge in [0.25, 0.3) is 0 Å². The molecule has 0 amide bonds. The second kappa shape index (κ2) is 6.88. The van der Waals surface area contributed by atoms with Crippen molar-refractivity contribution in [2.75, 3.05) is 0 Å². The first-order chi connectivity index (χ1) is 11.5. The molecule has 0 fully saturated rings. The van der Waals surface area contributed by atoms with E-state index in [1.165, 1.54) is 6.07 Å². The molecule has 0 bridgehead atoms. The monoisotopic (exact) mass is 328 g/mol. The summed E-state index contributed by atoms with van der Waals surface area (Å²) >= 11 is 0. The predicted molar refractivity (Wildman–Crippen MR) is 87.2 cm³/mol. The van der Waals surface area contributed by atoms with Crippen molar-refractivity contribution in [3.63, 3.8) is 0 Å². The fraction of sp³-hybridized carbons (Fsp3) is 0.222. The lowest BCUT2D eigenvalue weighted by atomic mass is 9.98. The van der Waals surface area contributed by atoms with Crippen LogP contribution in [0.1, 0.15) is 35.7 Å². The Kier molecular flexibility index (Phi) is 4.66. The third kappa shape index (κ3) is 3.49. The first kappa shape index (κ1) is 16.3. The molecule has 2 aromatic heterocycles. The van der Waals surface area contributed by atoms with E-state index in [4.69, 9.17) is 0 Å². The van der Waals surface area contributed by atoms with Gasteiger partial charge in [0.15, 0.2) is 11.6 Å². The normalized spacial score (nSPS) is 13.7. The molecule has 3 aromatic rings. The predicted octanol–water partition coefficient (Wildman–Crippen LogP) is 3.53. The average molecular weight is 328 g/mol. The molecular formula is C18H18F2N4. The molecule has 2 heterocycles. The number of halogens is 2. The van der Waals surface area contributed by atoms with E-state index in [0.29, 0.717) is 5.56 Å². The molecule has 0 aliphatic heterocycles. The van der Waals surface area contributed by atoms with Crippen molar-refractivity contribution < 1.29 is 8.78 Å². The Balaban J connectivity index is 1.94. The highest BCUT2D eigenvalue weighted by atomic mass is 19.2. The fourth-order valence-electron chi connectivity index (χ4n) is 2.63. The number of aromatic nitrogens is 3. The van der Waals surface area contributed by atoms with Gasteiger partial charge in [-0.2, -0.15) is 5.10 Å². The summed E-state index contributed by atoms with van der Waals surface area (Å²) in [5, 5.41) is 7.61. The number of pyridine rings is 1. The third-order valence-electron chi connectivity index (χ3n) is 3.94. The Bertz CT molecular complexity index is 817. The zero-order valence-electron chi connectivity index (χ0n) is 13.4. The first-order valence-electron chi connectivity index (χ1n) is 7.64. The highest BCUT2D eigenvalue weighted by Crippen LogP contribution is 2.26. The number of benzene rings is 1. The first-order valence-corrected chi connectivity index (χ1v) is 7.64. The third-order valence-corrected chi connectivity index (χ3v) is 3.94. The SMILES string of the molecule is C[C@H](N[C@@H](c1cccnc1)c1ccc(F)c(F)c1)c1cnn(C)c1. The van der Waals surface area contributed by atoms with Crippen molar-refractivity contribution in [3.05, 3.63) is 83.4 Å². The molecule has 2 atom stereocenters. The second-order valence-corrected chi connectivity index (χ2v) is 5.73. The minimum absolute atomic E-state index is 0.0305. The van der Waals surface area contributed by atoms with Crippen molar-refractivity contribution in [1.82, 2.24) is 20.1 Å². The minimum Gasteiger partial charge on any atom is -0.299 e. The largest absolute Gasteiger partial charge is 0.299 e. The van der Waals surface area contributed by atoms with Crippen molar-refractivity contribution in [3.8, 4) is 0 Å². The van der Waals surface area contributed by atoms with Crippen molar-refractivity contribution in [1.29, 1.82) is 0 Å². The molecule has 1 N–H and O–H groups in total. The van der Waals surface area contributed by atoms with E-state index in [-0.39, 0.29) is 12.1 Å². The smallest absolute Gasteiger partial charge is 0.159 e. The summed E-state index contributed by atoms with van der Waals surface area (Å²) in [6.07, 6.45) is 7.09. The highest BCUT2D eigenvalue weighted by Gasteiger charge is 2.19. The molecule has 6 heteroatoms. The van der Waals surface area contributed by atoms with Crippen LogP contribution in [0, 0.1) is 11.6 Å². The molecule has 0 aliphatic carbocycles. The summed E-state index contributed by atoms with van der Waals surface area (Å²) in [4.78, 5) is 4.13. The average Bonchev–Trinajstić information content (AvgIpc) is 3.02. The lowest BCUT2D eigenvalue weighted by molar-refractivity contribution is 0.491. The Morgan fingerprint density at radius 2 is 1.88 bits per heavy atom. The summed E-state index contributed by atoms with van der Waals surface area (Å²) in [6.45, 7) is 2.00. The number of nitrogens with one attached hydrogen (secondary N) is 1. The number of aryl methyl sites for hydroxylation is 1. The molecule has 1 aromatic carbocycles. The summed E-state index contributed by atoms with van der Waals surface area (Å²) in [7, 11) is 1.85. The zero-order valence-corrected chi connectivity index (χ0v) is 13.4. The van der Waals surface area contributed by atoms with Gasteiger partial charge < -0.3 is 0 Å². The quantitative estimate of drug-likeness (QED) is 0.779. The second-order valence-electron chi connectivity index (χ2n) is 5.73. The van der Waals surface area contributed by atoms with Crippen molar-refractivity contribution in [2.45, 2.75) is 19.0 Å². The molecule has 3 rings (SSSR count). The number of hydrogen-bond donors (Lipinski definition) is 1. The summed E-state index contributed by atoms with van der Waals surface area (Å²) in [5.74, 6) is -1.72. The number of rotatable bonds is 5. The standard InChI is InChI=1S/C18H18F2N4/c1-12(15-10-22-24(2)11-15)23-18(14-4-3-7-21-9-14)13-5-6-16(19)17(20)8-13/h3-12,18,23H,1-2H3/t12-,18+/m0/s1. The molecule has 0 aliphatic rings. The van der Waals surface area contributed by atoms with Crippen LogP contribution in [0.5, 0.6) is 0 Å². The maximum Gasteiger partial charge on any atom is 0.159 e. The van der Waals surface area contributed by atoms with Crippen LogP contribution in [0.4, 0.5) is 8.78 Å². The van der Waals surface area contributed by atoms with Crippen LogP contribution in [-0.2, 0) is 7.05 Å². The molecule has 0 unspecified atom stereocenters. The van der Waals surface area contributed by atoms with Gasteiger partial charge in [0, 0.05) is 37.2 Å². The van der Waals surface area contributed by atoms with Gasteiger partial charge in [-0.15, -0.1) is 0 Å². The van der Waals surface area contributed by atoms with E-state index < -0.39 is 11.6 Å². The van der Waals surface area contributed by atoms with Crippen LogP contribution < -0.4 is 5.32 Å². The van der Waals surface area contributed by atoms with Gasteiger partial charge in [-0.05, 0) is 36.2 Å². The van der Waals surface area contributed by atoms with Gasteiger partial charge in [0.1, 0.15) is 0 Å². The molecule has 0 saturated heterocycles. The topological polar surface area (TPSA) is 42.7 Å². The Morgan fingerprint density at radius 3 is 2.50 bits per heavy atom. The van der Waals surface area contributed by atoms with Gasteiger partial charge in [-0.3, -0.25) is 15.0 Å². The van der Waals surface area contributed by atoms with Gasteiger partial charge in [-0.1, -0.05) is 12.1 Å². The number of hydrogen-bond acceptors (Lipinski definition) is 3. The van der Waals surface area contributed by atoms with Gasteiger partial charge in [0.05, 0.1) is 12.2 Å². The van der Waals surface area contributed by atoms with Crippen LogP contribution in [0.15, 0.2) is 55.1 Å². The summed E-state index contributed by atoms with van der Waals surface area (Å²) < 4.78 is 28.7. The van der Waals surface area contributed by atoms with E-state index in [9.17, 15) is 8.78 Å². The Morgan fingerprint density at radius 1 is 1.04 bits per heavy atom. The Hall–Kier alpha value is -2.60. The van der Waals surface area contributed by atoms with Crippen molar-refractivity contribution in [2.24, 2.45) is 7.05 Å². The summed E-state index contributed by atoms with van der Waals surface area (Å²) in [5.41, 5.74) is 2.52. The molecule has 0 spiro atoms. The molecule has 0 radical (unpaired) electrons. The van der Waals surface area contributed by atoms with E-state index in [0.717, 1.165) is 17.2 Å². The maximum absolute atomic E-state index is 13.7. The summed E-state index contributed by atoms with van der Waals surface area (Å²) in [6, 6.07) is 7.32. The van der Waals surface area contributed by atoms with Crippen LogP contribution in [0.2, 0.25) is 0 Å². The van der Waals surface area contributed by atoms with Gasteiger partial charge in [-0.25, -0.2) is 8.78 Å². The Labute approximate surface area is 139 Å². The van der Waals surface area contributed by atoms with Crippen LogP contribution in [0.3, 0.4) is 0 Å². The minimum atomic E-state index is -0.864. The van der Waals surface area contributed by atoms with E-state index >= 15 is 0 Å². The number of nitrogens with zero attached hydrogens (tertiary/aromatic N) is 3. The van der Waals surface area contributed by atoms with Crippen molar-refractivity contribution >= 4 is 0 Å². The van der Waals surface area contributed by atoms with Crippen LogP contribution in [0.25, 0.3) is 0 Å². The molecule has 0 saturated carbocycles. The van der Waals surface area contributed by atoms with Crippen LogP contribution >= 0.6 is 0 Å². The van der Waals surface area contributed by atoms with E-state index in [2.05, 4.69) is 15.4 Å². The lowest BCUT2D eigenvalue weighted by Crippen LogP contribution is -2.25. The van der Waals surface area contributed by atoms with E-state index in [1.54, 1.807) is 29.3 Å². The van der Waals surface area contributed by atoms with Gasteiger partial charge >= 0.3 is 0 Å². The molecule has 124 valence electrons. The molecular weight excluding hydrogens is 310 g/mol. The highest BCUT2D eigenvalue weighted by molar-refractivity contribution is 5.31.